The molecule has 0 aliphatic heterocycles. The molecule has 4 heteroatoms. The van der Waals surface area contributed by atoms with Gasteiger partial charge in [0.1, 0.15) is 0 Å². The van der Waals surface area contributed by atoms with Gasteiger partial charge in [-0.05, 0) is 18.9 Å². The van der Waals surface area contributed by atoms with Crippen LogP contribution in [0.5, 0.6) is 0 Å². The van der Waals surface area contributed by atoms with E-state index in [0.717, 1.165) is 0 Å². The number of fused-ring (bicyclic) bond motifs is 3. The molecule has 0 fully saturated rings. The zero-order valence-electron chi connectivity index (χ0n) is 28.3. The van der Waals surface area contributed by atoms with Crippen LogP contribution in [0.15, 0.2) is 83.6 Å². The fourth-order valence-corrected chi connectivity index (χ4v) is 7.66. The van der Waals surface area contributed by atoms with Crippen LogP contribution in [0, 0.1) is 18.9 Å². The first-order chi connectivity index (χ1) is 18.9. The summed E-state index contributed by atoms with van der Waals surface area (Å²) in [6.07, 6.45) is 5.81. The number of hydrogen-bond acceptors (Lipinski definition) is 0. The predicted molar refractivity (Wildman–Crippen MR) is 184 cm³/mol. The summed E-state index contributed by atoms with van der Waals surface area (Å²) in [5.41, 5.74) is 7.26. The molecule has 0 N–H and O–H groups in total. The van der Waals surface area contributed by atoms with Crippen molar-refractivity contribution in [2.24, 2.45) is 5.92 Å². The van der Waals surface area contributed by atoms with Crippen molar-refractivity contribution in [2.45, 2.75) is 92.8 Å². The van der Waals surface area contributed by atoms with E-state index >= 15 is 0 Å². The summed E-state index contributed by atoms with van der Waals surface area (Å²) in [6, 6.07) is 24.7. The number of aryl methyl sites for hydroxylation is 1. The van der Waals surface area contributed by atoms with Gasteiger partial charge in [0.25, 0.3) is 0 Å². The van der Waals surface area contributed by atoms with Gasteiger partial charge in [0.15, 0.2) is 0 Å². The summed E-state index contributed by atoms with van der Waals surface area (Å²) in [6.45, 7) is 27.3. The Labute approximate surface area is 291 Å². The van der Waals surface area contributed by atoms with Gasteiger partial charge in [0.2, 0.25) is 0 Å². The fourth-order valence-electron chi connectivity index (χ4n) is 5.24. The molecule has 1 atom stereocenters. The fraction of sp³-hybridized carbons (Fsp3) is 0.385. The smallest absolute Gasteiger partial charge is 1.00 e. The van der Waals surface area contributed by atoms with E-state index in [1.165, 1.54) is 73.6 Å². The number of rotatable bonds is 2. The van der Waals surface area contributed by atoms with Crippen molar-refractivity contribution in [1.82, 2.24) is 0 Å². The topological polar surface area (TPSA) is 0 Å². The minimum absolute atomic E-state index is 0. The van der Waals surface area contributed by atoms with Crippen LogP contribution in [0.2, 0.25) is 19.6 Å². The van der Waals surface area contributed by atoms with Crippen LogP contribution in [0.3, 0.4) is 0 Å². The molecule has 0 saturated carbocycles. The Morgan fingerprint density at radius 1 is 0.744 bits per heavy atom. The molecular weight excluding hydrogens is 659 g/mol. The zero-order chi connectivity index (χ0) is 30.8. The second-order valence-corrected chi connectivity index (χ2v) is 20.4. The third-order valence-electron chi connectivity index (χ3n) is 7.76. The summed E-state index contributed by atoms with van der Waals surface area (Å²) < 4.78 is 2.19. The molecule has 4 aromatic carbocycles. The van der Waals surface area contributed by atoms with E-state index in [0.29, 0.717) is 5.92 Å². The van der Waals surface area contributed by atoms with E-state index < -0.39 is 8.07 Å². The molecule has 4 aromatic rings. The normalized spacial score (nSPS) is 14.8. The quantitative estimate of drug-likeness (QED) is 0.199. The van der Waals surface area contributed by atoms with E-state index in [9.17, 15) is 0 Å². The molecular formula is C39H50Cl2SiZr-2. The van der Waals surface area contributed by atoms with Crippen molar-refractivity contribution in [2.75, 3.05) is 0 Å². The number of allylic oxidation sites excluding steroid dienone is 4. The van der Waals surface area contributed by atoms with E-state index in [-0.39, 0.29) is 35.6 Å². The molecule has 0 saturated heterocycles. The van der Waals surface area contributed by atoms with E-state index in [4.69, 9.17) is 0 Å². The maximum absolute atomic E-state index is 3.43. The molecule has 0 amide bonds. The minimum atomic E-state index is -1.07. The standard InChI is InChI=1S/C21H25.C10H17Si.C8H8.2ClH.Zr/c1-20(2,3)16-9-7-14-11-15-8-10-17(21(4,5)6)13-19(15)18(14)12-16;1-8-6-9(2)10(7-8)11(3,4)5;1-7-3-5-8(2)6-4-7;;;/h7-13H,1-6H3;7-8H,1-5H3;1,3-6H,2H3;2*1H;/q2*-1;;;;+2/p-2. The molecule has 230 valence electrons. The Balaban J connectivity index is 0.000000356. The summed E-state index contributed by atoms with van der Waals surface area (Å²) in [5.74, 6) is 0.553. The van der Waals surface area contributed by atoms with Gasteiger partial charge in [-0.1, -0.05) is 116 Å². The van der Waals surface area contributed by atoms with Gasteiger partial charge >= 0.3 is 70.3 Å². The second kappa shape index (κ2) is 15.7. The minimum Gasteiger partial charge on any atom is -1.00 e. The largest absolute Gasteiger partial charge is 1.00 e. The van der Waals surface area contributed by atoms with Crippen molar-refractivity contribution in [3.63, 3.8) is 0 Å². The third-order valence-corrected chi connectivity index (χ3v) is 10.7. The van der Waals surface area contributed by atoms with Gasteiger partial charge in [-0.3, -0.25) is 6.08 Å². The molecule has 0 spiro atoms. The molecule has 0 bridgehead atoms. The molecule has 0 nitrogen and oxygen atoms in total. The Hall–Kier alpha value is -1.44. The molecule has 0 radical (unpaired) electrons. The average Bonchev–Trinajstić information content (AvgIpc) is 3.42. The first kappa shape index (κ1) is 39.6. The van der Waals surface area contributed by atoms with Crippen LogP contribution in [0.25, 0.3) is 21.5 Å². The number of benzene rings is 3. The van der Waals surface area contributed by atoms with Crippen LogP contribution >= 0.6 is 0 Å². The number of hydrogen-bond donors (Lipinski definition) is 0. The molecule has 1 unspecified atom stereocenters. The summed E-state index contributed by atoms with van der Waals surface area (Å²) in [4.78, 5) is 0. The van der Waals surface area contributed by atoms with E-state index in [1.54, 1.807) is 5.20 Å². The molecule has 43 heavy (non-hydrogen) atoms. The van der Waals surface area contributed by atoms with Gasteiger partial charge in [-0.2, -0.15) is 6.08 Å². The van der Waals surface area contributed by atoms with Gasteiger partial charge in [0, 0.05) is 0 Å². The van der Waals surface area contributed by atoms with Gasteiger partial charge in [-0.15, -0.1) is 39.7 Å². The first-order valence-corrected chi connectivity index (χ1v) is 19.9. The van der Waals surface area contributed by atoms with Gasteiger partial charge in [0.05, 0.1) is 0 Å². The molecule has 0 aromatic heterocycles. The predicted octanol–water partition coefficient (Wildman–Crippen LogP) is 5.20. The maximum atomic E-state index is 3.43. The van der Waals surface area contributed by atoms with Crippen LogP contribution in [-0.2, 0) is 35.1 Å². The van der Waals surface area contributed by atoms with Crippen molar-refractivity contribution < 1.29 is 49.0 Å². The van der Waals surface area contributed by atoms with Crippen molar-refractivity contribution in [1.29, 1.82) is 0 Å². The van der Waals surface area contributed by atoms with Crippen molar-refractivity contribution in [3.05, 3.63) is 112 Å². The van der Waals surface area contributed by atoms with E-state index in [1.807, 2.05) is 0 Å². The van der Waals surface area contributed by atoms with Crippen LogP contribution in [-0.4, -0.2) is 11.8 Å². The average molecular weight is 709 g/mol. The Morgan fingerprint density at radius 3 is 1.49 bits per heavy atom. The van der Waals surface area contributed by atoms with Crippen molar-refractivity contribution in [3.8, 4) is 0 Å². The monoisotopic (exact) mass is 706 g/mol. The SMILES string of the molecule is CC(C)(C)c1ccc2[cH-]c3ccc(C(C)(C)C)cc3c2c1.CC1=[C-]C(C)C=C1[Si](C)(C)C.Cc1ccc([CH]=[Zr+2])cc1.[Cl-].[Cl-]. The summed E-state index contributed by atoms with van der Waals surface area (Å²) in [5, 5.41) is 7.09. The Kier molecular flexibility index (Phi) is 14.5. The molecule has 0 heterocycles. The van der Waals surface area contributed by atoms with Crippen LogP contribution in [0.4, 0.5) is 0 Å². The maximum Gasteiger partial charge on any atom is -1.00 e. The van der Waals surface area contributed by atoms with E-state index in [2.05, 4.69) is 165 Å². The van der Waals surface area contributed by atoms with Crippen LogP contribution < -0.4 is 24.8 Å². The summed E-state index contributed by atoms with van der Waals surface area (Å²) >= 11 is 1.47. The Bertz CT molecular complexity index is 1500. The van der Waals surface area contributed by atoms with Gasteiger partial charge < -0.3 is 24.8 Å². The third kappa shape index (κ3) is 10.8. The number of halogens is 2. The molecule has 1 aliphatic carbocycles. The molecule has 5 rings (SSSR count). The van der Waals surface area contributed by atoms with Gasteiger partial charge in [-0.25, -0.2) is 10.8 Å². The first-order valence-electron chi connectivity index (χ1n) is 14.9. The summed E-state index contributed by atoms with van der Waals surface area (Å²) in [7, 11) is -1.07. The Morgan fingerprint density at radius 2 is 1.19 bits per heavy atom. The van der Waals surface area contributed by atoms with Crippen LogP contribution in [0.1, 0.15) is 77.6 Å². The second-order valence-electron chi connectivity index (χ2n) is 14.7. The molecule has 1 aliphatic rings. The van der Waals surface area contributed by atoms with Crippen molar-refractivity contribution >= 4 is 33.3 Å². The zero-order valence-corrected chi connectivity index (χ0v) is 33.3.